The van der Waals surface area contributed by atoms with E-state index >= 15 is 0 Å². The Labute approximate surface area is 124 Å². The Morgan fingerprint density at radius 3 is 2.71 bits per heavy atom. The van der Waals surface area contributed by atoms with Crippen molar-refractivity contribution in [2.45, 2.75) is 25.8 Å². The molecule has 1 aromatic rings. The van der Waals surface area contributed by atoms with E-state index in [2.05, 4.69) is 0 Å². The normalized spacial score (nSPS) is 20.7. The van der Waals surface area contributed by atoms with Crippen molar-refractivity contribution >= 4 is 11.9 Å². The van der Waals surface area contributed by atoms with E-state index in [9.17, 15) is 14.7 Å². The number of carboxylic acids is 1. The van der Waals surface area contributed by atoms with Crippen molar-refractivity contribution in [1.82, 2.24) is 4.90 Å². The number of likely N-dealkylation sites (tertiary alicyclic amines) is 1. The molecule has 0 spiro atoms. The second-order valence-corrected chi connectivity index (χ2v) is 5.24. The zero-order valence-corrected chi connectivity index (χ0v) is 12.2. The molecule has 0 amide bonds. The van der Waals surface area contributed by atoms with Gasteiger partial charge in [0.05, 0.1) is 12.5 Å². The van der Waals surface area contributed by atoms with Gasteiger partial charge in [-0.1, -0.05) is 30.3 Å². The van der Waals surface area contributed by atoms with E-state index in [1.807, 2.05) is 35.2 Å². The van der Waals surface area contributed by atoms with Gasteiger partial charge >= 0.3 is 11.9 Å². The third-order valence-corrected chi connectivity index (χ3v) is 3.79. The number of nitrogens with zero attached hydrogens (tertiary/aromatic N) is 1. The Hall–Kier alpha value is -1.88. The maximum absolute atomic E-state index is 11.9. The van der Waals surface area contributed by atoms with E-state index in [4.69, 9.17) is 4.74 Å². The minimum absolute atomic E-state index is 0.223. The van der Waals surface area contributed by atoms with Crippen molar-refractivity contribution in [3.63, 3.8) is 0 Å². The molecule has 1 aliphatic rings. The van der Waals surface area contributed by atoms with Crippen molar-refractivity contribution in [3.05, 3.63) is 35.9 Å². The molecule has 5 nitrogen and oxygen atoms in total. The Balaban J connectivity index is 2.14. The monoisotopic (exact) mass is 291 g/mol. The van der Waals surface area contributed by atoms with Crippen LogP contribution >= 0.6 is 0 Å². The molecule has 2 atom stereocenters. The summed E-state index contributed by atoms with van der Waals surface area (Å²) in [6.45, 7) is 3.26. The third kappa shape index (κ3) is 3.82. The third-order valence-electron chi connectivity index (χ3n) is 3.79. The molecular formula is C16H21NO4. The number of carbonyl (C=O) groups is 2. The lowest BCUT2D eigenvalue weighted by Gasteiger charge is -2.35. The molecule has 0 bridgehead atoms. The van der Waals surface area contributed by atoms with Crippen LogP contribution in [0.25, 0.3) is 0 Å². The Kier molecular flexibility index (Phi) is 5.33. The SMILES string of the molecule is CCOC(=O)[C@H]1CCCN([C@H](C(=O)O)c2ccccc2)C1. The van der Waals surface area contributed by atoms with E-state index in [-0.39, 0.29) is 11.9 Å². The van der Waals surface area contributed by atoms with Crippen LogP contribution in [0.3, 0.4) is 0 Å². The molecule has 114 valence electrons. The fraction of sp³-hybridized carbons (Fsp3) is 0.500. The Morgan fingerprint density at radius 1 is 1.38 bits per heavy atom. The fourth-order valence-corrected chi connectivity index (χ4v) is 2.84. The average molecular weight is 291 g/mol. The summed E-state index contributed by atoms with van der Waals surface area (Å²) in [6, 6.07) is 8.44. The highest BCUT2D eigenvalue weighted by atomic mass is 16.5. The molecule has 5 heteroatoms. The average Bonchev–Trinajstić information content (AvgIpc) is 2.49. The molecule has 0 radical (unpaired) electrons. The van der Waals surface area contributed by atoms with Gasteiger partial charge in [-0.3, -0.25) is 14.5 Å². The van der Waals surface area contributed by atoms with E-state index in [0.717, 1.165) is 18.4 Å². The van der Waals surface area contributed by atoms with Gasteiger partial charge < -0.3 is 9.84 Å². The lowest BCUT2D eigenvalue weighted by Crippen LogP contribution is -2.43. The highest BCUT2D eigenvalue weighted by molar-refractivity contribution is 5.76. The summed E-state index contributed by atoms with van der Waals surface area (Å²) in [5.74, 6) is -1.34. The van der Waals surface area contributed by atoms with E-state index in [1.165, 1.54) is 0 Å². The predicted octanol–water partition coefficient (Wildman–Crippen LogP) is 2.09. The van der Waals surface area contributed by atoms with Crippen molar-refractivity contribution in [2.24, 2.45) is 5.92 Å². The molecule has 0 aromatic heterocycles. The first-order valence-corrected chi connectivity index (χ1v) is 7.32. The molecule has 1 heterocycles. The fourth-order valence-electron chi connectivity index (χ4n) is 2.84. The number of rotatable bonds is 5. The van der Waals surface area contributed by atoms with Crippen LogP contribution in [0, 0.1) is 5.92 Å². The van der Waals surface area contributed by atoms with E-state index in [0.29, 0.717) is 19.7 Å². The molecule has 1 N–H and O–H groups in total. The second kappa shape index (κ2) is 7.22. The maximum Gasteiger partial charge on any atom is 0.325 e. The van der Waals surface area contributed by atoms with Crippen LogP contribution in [0.15, 0.2) is 30.3 Å². The van der Waals surface area contributed by atoms with Crippen LogP contribution in [0.5, 0.6) is 0 Å². The zero-order chi connectivity index (χ0) is 15.2. The van der Waals surface area contributed by atoms with Crippen LogP contribution in [0.1, 0.15) is 31.4 Å². The molecule has 1 aromatic carbocycles. The lowest BCUT2D eigenvalue weighted by atomic mass is 9.95. The molecule has 2 rings (SSSR count). The highest BCUT2D eigenvalue weighted by Crippen LogP contribution is 2.27. The minimum Gasteiger partial charge on any atom is -0.480 e. The zero-order valence-electron chi connectivity index (χ0n) is 12.2. The van der Waals surface area contributed by atoms with Gasteiger partial charge in [0.25, 0.3) is 0 Å². The van der Waals surface area contributed by atoms with Gasteiger partial charge in [0.2, 0.25) is 0 Å². The summed E-state index contributed by atoms with van der Waals surface area (Å²) in [5.41, 5.74) is 0.745. The van der Waals surface area contributed by atoms with Crippen molar-refractivity contribution in [1.29, 1.82) is 0 Å². The van der Waals surface area contributed by atoms with E-state index < -0.39 is 12.0 Å². The quantitative estimate of drug-likeness (QED) is 0.841. The maximum atomic E-state index is 11.9. The van der Waals surface area contributed by atoms with Gasteiger partial charge in [0.1, 0.15) is 6.04 Å². The van der Waals surface area contributed by atoms with Crippen molar-refractivity contribution in [2.75, 3.05) is 19.7 Å². The number of ether oxygens (including phenoxy) is 1. The minimum atomic E-state index is -0.884. The van der Waals surface area contributed by atoms with Gasteiger partial charge in [-0.15, -0.1) is 0 Å². The number of hydrogen-bond acceptors (Lipinski definition) is 4. The topological polar surface area (TPSA) is 66.8 Å². The molecule has 0 aliphatic carbocycles. The van der Waals surface area contributed by atoms with Gasteiger partial charge in [-0.25, -0.2) is 0 Å². The highest BCUT2D eigenvalue weighted by Gasteiger charge is 2.34. The summed E-state index contributed by atoms with van der Waals surface area (Å²) in [6.07, 6.45) is 1.57. The number of carbonyl (C=O) groups excluding carboxylic acids is 1. The number of benzene rings is 1. The predicted molar refractivity (Wildman–Crippen MR) is 77.7 cm³/mol. The van der Waals surface area contributed by atoms with Crippen molar-refractivity contribution in [3.8, 4) is 0 Å². The Bertz CT molecular complexity index is 488. The first-order valence-electron chi connectivity index (χ1n) is 7.32. The largest absolute Gasteiger partial charge is 0.480 e. The summed E-state index contributed by atoms with van der Waals surface area (Å²) < 4.78 is 5.06. The van der Waals surface area contributed by atoms with Gasteiger partial charge in [-0.05, 0) is 31.9 Å². The van der Waals surface area contributed by atoms with Gasteiger partial charge in [0.15, 0.2) is 0 Å². The molecule has 21 heavy (non-hydrogen) atoms. The molecule has 0 unspecified atom stereocenters. The van der Waals surface area contributed by atoms with Crippen LogP contribution < -0.4 is 0 Å². The number of carboxylic acid groups (broad SMARTS) is 1. The number of piperidine rings is 1. The van der Waals surface area contributed by atoms with Gasteiger partial charge in [0, 0.05) is 6.54 Å². The first kappa shape index (κ1) is 15.5. The number of esters is 1. The number of aliphatic carboxylic acids is 1. The van der Waals surface area contributed by atoms with Crippen LogP contribution in [-0.2, 0) is 14.3 Å². The van der Waals surface area contributed by atoms with Crippen LogP contribution in [0.2, 0.25) is 0 Å². The number of hydrogen-bond donors (Lipinski definition) is 1. The summed E-state index contributed by atoms with van der Waals surface area (Å²) in [5, 5.41) is 9.55. The summed E-state index contributed by atoms with van der Waals surface area (Å²) in [4.78, 5) is 25.4. The van der Waals surface area contributed by atoms with Crippen LogP contribution in [-0.4, -0.2) is 41.6 Å². The standard InChI is InChI=1S/C16H21NO4/c1-2-21-16(20)13-9-6-10-17(11-13)14(15(18)19)12-7-4-3-5-8-12/h3-5,7-8,13-14H,2,6,9-11H2,1H3,(H,18,19)/t13-,14-/m0/s1. The second-order valence-electron chi connectivity index (χ2n) is 5.24. The van der Waals surface area contributed by atoms with Crippen molar-refractivity contribution < 1.29 is 19.4 Å². The molecule has 1 fully saturated rings. The molecular weight excluding hydrogens is 270 g/mol. The Morgan fingerprint density at radius 2 is 2.10 bits per heavy atom. The summed E-state index contributed by atoms with van der Waals surface area (Å²) in [7, 11) is 0. The summed E-state index contributed by atoms with van der Waals surface area (Å²) >= 11 is 0. The lowest BCUT2D eigenvalue weighted by molar-refractivity contribution is -0.153. The first-order chi connectivity index (χ1) is 10.1. The molecule has 1 saturated heterocycles. The smallest absolute Gasteiger partial charge is 0.325 e. The molecule has 1 aliphatic heterocycles. The van der Waals surface area contributed by atoms with Gasteiger partial charge in [-0.2, -0.15) is 0 Å². The molecule has 0 saturated carbocycles. The van der Waals surface area contributed by atoms with Crippen LogP contribution in [0.4, 0.5) is 0 Å². The van der Waals surface area contributed by atoms with E-state index in [1.54, 1.807) is 6.92 Å².